The van der Waals surface area contributed by atoms with E-state index in [0.717, 1.165) is 0 Å². The Bertz CT molecular complexity index is 500. The van der Waals surface area contributed by atoms with Gasteiger partial charge in [-0.25, -0.2) is 4.79 Å². The van der Waals surface area contributed by atoms with E-state index in [1.165, 1.54) is 45.2 Å². The van der Waals surface area contributed by atoms with Gasteiger partial charge in [-0.1, -0.05) is 12.1 Å². The number of alkyl halides is 2. The lowest BCUT2D eigenvalue weighted by Gasteiger charge is -2.23. The van der Waals surface area contributed by atoms with E-state index in [2.05, 4.69) is 14.8 Å². The van der Waals surface area contributed by atoms with Crippen molar-refractivity contribution in [3.63, 3.8) is 0 Å². The predicted molar refractivity (Wildman–Crippen MR) is 71.0 cm³/mol. The Labute approximate surface area is 121 Å². The second-order valence-electron chi connectivity index (χ2n) is 4.86. The van der Waals surface area contributed by atoms with Crippen LogP contribution >= 0.6 is 0 Å². The molecule has 1 aromatic rings. The molecule has 0 unspecified atom stereocenters. The first kappa shape index (κ1) is 16.9. The molecule has 5 nitrogen and oxygen atoms in total. The van der Waals surface area contributed by atoms with E-state index >= 15 is 0 Å². The van der Waals surface area contributed by atoms with Crippen molar-refractivity contribution in [3.05, 3.63) is 29.8 Å². The molecule has 0 spiro atoms. The molecular formula is C14H17F2NO4. The molecule has 0 fully saturated rings. The Hall–Kier alpha value is -2.18. The molecule has 7 heteroatoms. The highest BCUT2D eigenvalue weighted by atomic mass is 19.3. The first-order chi connectivity index (χ1) is 9.74. The zero-order valence-corrected chi connectivity index (χ0v) is 12.0. The molecule has 1 amide bonds. The van der Waals surface area contributed by atoms with Gasteiger partial charge in [0, 0.05) is 0 Å². The van der Waals surface area contributed by atoms with E-state index in [4.69, 9.17) is 0 Å². The number of carbonyl (C=O) groups excluding carboxylic acids is 2. The van der Waals surface area contributed by atoms with Crippen LogP contribution in [0.15, 0.2) is 24.3 Å². The Morgan fingerprint density at radius 2 is 1.81 bits per heavy atom. The third kappa shape index (κ3) is 5.37. The van der Waals surface area contributed by atoms with Crippen LogP contribution in [0.3, 0.4) is 0 Å². The van der Waals surface area contributed by atoms with Crippen LogP contribution < -0.4 is 10.1 Å². The fraction of sp³-hybridized carbons (Fsp3) is 0.429. The van der Waals surface area contributed by atoms with Crippen molar-refractivity contribution < 1.29 is 27.8 Å². The number of halogens is 2. The maximum Gasteiger partial charge on any atom is 0.387 e. The monoisotopic (exact) mass is 301 g/mol. The lowest BCUT2D eigenvalue weighted by molar-refractivity contribution is -0.149. The summed E-state index contributed by atoms with van der Waals surface area (Å²) in [6, 6.07) is 5.70. The van der Waals surface area contributed by atoms with Crippen LogP contribution in [0.5, 0.6) is 5.75 Å². The summed E-state index contributed by atoms with van der Waals surface area (Å²) in [6.45, 7) is 0.159. The van der Waals surface area contributed by atoms with Gasteiger partial charge in [-0.15, -0.1) is 0 Å². The molecule has 0 heterocycles. The van der Waals surface area contributed by atoms with Crippen LogP contribution in [-0.4, -0.2) is 31.1 Å². The van der Waals surface area contributed by atoms with E-state index in [1.807, 2.05) is 0 Å². The predicted octanol–water partition coefficient (Wildman–Crippen LogP) is 1.90. The van der Waals surface area contributed by atoms with Crippen molar-refractivity contribution >= 4 is 11.9 Å². The lowest BCUT2D eigenvalue weighted by Crippen LogP contribution is -2.50. The first-order valence-corrected chi connectivity index (χ1v) is 6.18. The van der Waals surface area contributed by atoms with Crippen LogP contribution in [0, 0.1) is 0 Å². The molecule has 0 aliphatic rings. The van der Waals surface area contributed by atoms with Crippen molar-refractivity contribution in [1.29, 1.82) is 0 Å². The molecule has 0 saturated carbocycles. The highest BCUT2D eigenvalue weighted by Gasteiger charge is 2.30. The zero-order valence-electron chi connectivity index (χ0n) is 12.0. The maximum absolute atomic E-state index is 12.0. The molecule has 21 heavy (non-hydrogen) atoms. The van der Waals surface area contributed by atoms with Crippen LogP contribution in [0.4, 0.5) is 8.78 Å². The number of amides is 1. The van der Waals surface area contributed by atoms with Crippen molar-refractivity contribution in [2.24, 2.45) is 0 Å². The number of rotatable bonds is 6. The van der Waals surface area contributed by atoms with Crippen LogP contribution in [-0.2, 0) is 20.7 Å². The molecule has 0 aliphatic carbocycles. The Balaban J connectivity index is 2.61. The minimum atomic E-state index is -2.89. The second-order valence-corrected chi connectivity index (χ2v) is 4.86. The van der Waals surface area contributed by atoms with E-state index in [9.17, 15) is 18.4 Å². The number of hydrogen-bond donors (Lipinski definition) is 1. The van der Waals surface area contributed by atoms with Gasteiger partial charge in [-0.3, -0.25) is 4.79 Å². The van der Waals surface area contributed by atoms with Gasteiger partial charge >= 0.3 is 12.6 Å². The maximum atomic E-state index is 12.0. The number of esters is 1. The summed E-state index contributed by atoms with van der Waals surface area (Å²) in [5.74, 6) is -0.923. The molecular weight excluding hydrogens is 284 g/mol. The molecule has 1 aromatic carbocycles. The number of hydrogen-bond acceptors (Lipinski definition) is 4. The SMILES string of the molecule is COC(=O)C(C)(C)NC(=O)Cc1ccc(OC(F)F)cc1. The van der Waals surface area contributed by atoms with Crippen molar-refractivity contribution in [1.82, 2.24) is 5.32 Å². The molecule has 0 atom stereocenters. The van der Waals surface area contributed by atoms with Gasteiger partial charge in [-0.2, -0.15) is 8.78 Å². The highest BCUT2D eigenvalue weighted by Crippen LogP contribution is 2.15. The number of nitrogens with one attached hydrogen (secondary N) is 1. The zero-order chi connectivity index (χ0) is 16.0. The van der Waals surface area contributed by atoms with E-state index in [-0.39, 0.29) is 18.1 Å². The fourth-order valence-corrected chi connectivity index (χ4v) is 1.67. The summed E-state index contributed by atoms with van der Waals surface area (Å²) in [5.41, 5.74) is -0.528. The van der Waals surface area contributed by atoms with Gasteiger partial charge in [0.25, 0.3) is 0 Å². The Morgan fingerprint density at radius 3 is 2.29 bits per heavy atom. The average molecular weight is 301 g/mol. The quantitative estimate of drug-likeness (QED) is 0.815. The normalized spacial score (nSPS) is 11.1. The third-order valence-corrected chi connectivity index (χ3v) is 2.66. The summed E-state index contributed by atoms with van der Waals surface area (Å²) < 4.78 is 32.8. The lowest BCUT2D eigenvalue weighted by atomic mass is 10.0. The summed E-state index contributed by atoms with van der Waals surface area (Å²) in [5, 5.41) is 2.54. The second kappa shape index (κ2) is 7.01. The topological polar surface area (TPSA) is 64.6 Å². The summed E-state index contributed by atoms with van der Waals surface area (Å²) in [7, 11) is 1.23. The van der Waals surface area contributed by atoms with Gasteiger partial charge in [0.2, 0.25) is 5.91 Å². The van der Waals surface area contributed by atoms with Crippen LogP contribution in [0.25, 0.3) is 0 Å². The smallest absolute Gasteiger partial charge is 0.387 e. The standard InChI is InChI=1S/C14H17F2NO4/c1-14(2,12(19)20-3)17-11(18)8-9-4-6-10(7-5-9)21-13(15)16/h4-7,13H,8H2,1-3H3,(H,17,18). The summed E-state index contributed by atoms with van der Waals surface area (Å²) >= 11 is 0. The first-order valence-electron chi connectivity index (χ1n) is 6.18. The minimum Gasteiger partial charge on any atom is -0.467 e. The molecule has 116 valence electrons. The molecule has 0 radical (unpaired) electrons. The molecule has 1 rings (SSSR count). The minimum absolute atomic E-state index is 0.00931. The number of methoxy groups -OCH3 is 1. The van der Waals surface area contributed by atoms with E-state index in [0.29, 0.717) is 5.56 Å². The summed E-state index contributed by atoms with van der Waals surface area (Å²) in [6.07, 6.45) is 0.00931. The molecule has 1 N–H and O–H groups in total. The number of benzene rings is 1. The van der Waals surface area contributed by atoms with Gasteiger partial charge in [0.15, 0.2) is 0 Å². The summed E-state index contributed by atoms with van der Waals surface area (Å²) in [4.78, 5) is 23.3. The van der Waals surface area contributed by atoms with Crippen LogP contribution in [0.1, 0.15) is 19.4 Å². The van der Waals surface area contributed by atoms with E-state index < -0.39 is 18.1 Å². The van der Waals surface area contributed by atoms with Crippen molar-refractivity contribution in [2.75, 3.05) is 7.11 Å². The van der Waals surface area contributed by atoms with Gasteiger partial charge in [-0.05, 0) is 31.5 Å². The highest BCUT2D eigenvalue weighted by molar-refractivity contribution is 5.88. The van der Waals surface area contributed by atoms with Gasteiger partial charge < -0.3 is 14.8 Å². The molecule has 0 saturated heterocycles. The Kier molecular flexibility index (Phi) is 5.63. The molecule has 0 bridgehead atoms. The van der Waals surface area contributed by atoms with Crippen LogP contribution in [0.2, 0.25) is 0 Å². The molecule has 0 aromatic heterocycles. The molecule has 0 aliphatic heterocycles. The van der Waals surface area contributed by atoms with Gasteiger partial charge in [0.05, 0.1) is 13.5 Å². The van der Waals surface area contributed by atoms with Crippen molar-refractivity contribution in [2.45, 2.75) is 32.4 Å². The number of ether oxygens (including phenoxy) is 2. The third-order valence-electron chi connectivity index (χ3n) is 2.66. The largest absolute Gasteiger partial charge is 0.467 e. The van der Waals surface area contributed by atoms with Crippen molar-refractivity contribution in [3.8, 4) is 5.75 Å². The Morgan fingerprint density at radius 1 is 1.24 bits per heavy atom. The fourth-order valence-electron chi connectivity index (χ4n) is 1.67. The van der Waals surface area contributed by atoms with E-state index in [1.54, 1.807) is 0 Å². The average Bonchev–Trinajstić information content (AvgIpc) is 2.38. The van der Waals surface area contributed by atoms with Gasteiger partial charge in [0.1, 0.15) is 11.3 Å². The number of carbonyl (C=O) groups is 2.